The molecule has 1 aliphatic carbocycles. The number of nitrogens with one attached hydrogen (secondary N) is 1. The number of ether oxygens (including phenoxy) is 3. The van der Waals surface area contributed by atoms with Crippen molar-refractivity contribution in [3.8, 4) is 11.5 Å². The molecule has 4 rings (SSSR count). The van der Waals surface area contributed by atoms with Gasteiger partial charge in [0, 0.05) is 0 Å². The number of benzene rings is 2. The van der Waals surface area contributed by atoms with E-state index in [1.807, 2.05) is 42.5 Å². The van der Waals surface area contributed by atoms with E-state index < -0.39 is 6.09 Å². The molecule has 0 saturated carbocycles. The molecule has 130 valence electrons. The Labute approximate surface area is 146 Å². The van der Waals surface area contributed by atoms with Crippen LogP contribution in [0, 0.1) is 0 Å². The SMILES string of the molecule is O=C(NC1CCCc2cc3c(cc21)OCCO3)OCc1ccccc1. The summed E-state index contributed by atoms with van der Waals surface area (Å²) in [5, 5.41) is 2.99. The van der Waals surface area contributed by atoms with Crippen LogP contribution in [0.2, 0.25) is 0 Å². The van der Waals surface area contributed by atoms with E-state index in [9.17, 15) is 4.79 Å². The first-order valence-electron chi connectivity index (χ1n) is 8.69. The van der Waals surface area contributed by atoms with Gasteiger partial charge in [-0.1, -0.05) is 30.3 Å². The van der Waals surface area contributed by atoms with Crippen molar-refractivity contribution in [2.24, 2.45) is 0 Å². The van der Waals surface area contributed by atoms with Gasteiger partial charge in [-0.25, -0.2) is 4.79 Å². The van der Waals surface area contributed by atoms with Crippen molar-refractivity contribution in [2.45, 2.75) is 31.9 Å². The lowest BCUT2D eigenvalue weighted by Crippen LogP contribution is -2.31. The van der Waals surface area contributed by atoms with E-state index in [1.54, 1.807) is 0 Å². The van der Waals surface area contributed by atoms with Crippen LogP contribution in [0.15, 0.2) is 42.5 Å². The van der Waals surface area contributed by atoms with Gasteiger partial charge in [-0.3, -0.25) is 0 Å². The highest BCUT2D eigenvalue weighted by atomic mass is 16.6. The molecule has 1 unspecified atom stereocenters. The highest BCUT2D eigenvalue weighted by Crippen LogP contribution is 2.39. The van der Waals surface area contributed by atoms with Gasteiger partial charge in [-0.05, 0) is 48.1 Å². The van der Waals surface area contributed by atoms with Crippen molar-refractivity contribution < 1.29 is 19.0 Å². The third-order valence-electron chi connectivity index (χ3n) is 4.62. The van der Waals surface area contributed by atoms with Crippen LogP contribution in [-0.4, -0.2) is 19.3 Å². The molecule has 25 heavy (non-hydrogen) atoms. The largest absolute Gasteiger partial charge is 0.486 e. The average Bonchev–Trinajstić information content (AvgIpc) is 2.66. The molecule has 5 heteroatoms. The van der Waals surface area contributed by atoms with Gasteiger partial charge in [-0.15, -0.1) is 0 Å². The molecule has 0 spiro atoms. The van der Waals surface area contributed by atoms with Gasteiger partial charge in [0.2, 0.25) is 0 Å². The van der Waals surface area contributed by atoms with E-state index >= 15 is 0 Å². The molecular formula is C20H21NO4. The monoisotopic (exact) mass is 339 g/mol. The van der Waals surface area contributed by atoms with E-state index in [1.165, 1.54) is 5.56 Å². The zero-order valence-electron chi connectivity index (χ0n) is 14.0. The zero-order chi connectivity index (χ0) is 17.1. The van der Waals surface area contributed by atoms with Crippen LogP contribution in [0.25, 0.3) is 0 Å². The van der Waals surface area contributed by atoms with E-state index in [-0.39, 0.29) is 12.6 Å². The fourth-order valence-electron chi connectivity index (χ4n) is 3.40. The number of hydrogen-bond acceptors (Lipinski definition) is 4. The summed E-state index contributed by atoms with van der Waals surface area (Å²) in [7, 11) is 0. The van der Waals surface area contributed by atoms with Crippen LogP contribution >= 0.6 is 0 Å². The molecule has 1 aliphatic heterocycles. The molecule has 0 aromatic heterocycles. The third kappa shape index (κ3) is 3.55. The second-order valence-corrected chi connectivity index (χ2v) is 6.35. The van der Waals surface area contributed by atoms with E-state index in [0.29, 0.717) is 13.2 Å². The van der Waals surface area contributed by atoms with Gasteiger partial charge >= 0.3 is 6.09 Å². The highest BCUT2D eigenvalue weighted by Gasteiger charge is 2.26. The molecular weight excluding hydrogens is 318 g/mol. The minimum absolute atomic E-state index is 0.0529. The standard InChI is InChI=1S/C20H21NO4/c22-20(25-13-14-5-2-1-3-6-14)21-17-8-4-7-15-11-18-19(12-16(15)17)24-10-9-23-18/h1-3,5-6,11-12,17H,4,7-10,13H2,(H,21,22). The first kappa shape index (κ1) is 15.8. The van der Waals surface area contributed by atoms with Crippen molar-refractivity contribution in [2.75, 3.05) is 13.2 Å². The van der Waals surface area contributed by atoms with Crippen LogP contribution in [-0.2, 0) is 17.8 Å². The number of carbonyl (C=O) groups excluding carboxylic acids is 1. The summed E-state index contributed by atoms with van der Waals surface area (Å²) >= 11 is 0. The molecule has 0 bridgehead atoms. The van der Waals surface area contributed by atoms with E-state index in [4.69, 9.17) is 14.2 Å². The molecule has 1 heterocycles. The lowest BCUT2D eigenvalue weighted by Gasteiger charge is -2.29. The van der Waals surface area contributed by atoms with Crippen molar-refractivity contribution in [3.05, 3.63) is 59.2 Å². The Hall–Kier alpha value is -2.69. The van der Waals surface area contributed by atoms with Crippen molar-refractivity contribution in [3.63, 3.8) is 0 Å². The van der Waals surface area contributed by atoms with Crippen LogP contribution in [0.3, 0.4) is 0 Å². The quantitative estimate of drug-likeness (QED) is 0.925. The van der Waals surface area contributed by atoms with Crippen molar-refractivity contribution in [1.82, 2.24) is 5.32 Å². The number of carbonyl (C=O) groups is 1. The van der Waals surface area contributed by atoms with E-state index in [0.717, 1.165) is 41.9 Å². The lowest BCUT2D eigenvalue weighted by atomic mass is 9.87. The minimum Gasteiger partial charge on any atom is -0.486 e. The van der Waals surface area contributed by atoms with Gasteiger partial charge < -0.3 is 19.5 Å². The van der Waals surface area contributed by atoms with Crippen LogP contribution in [0.1, 0.15) is 35.6 Å². The Morgan fingerprint density at radius 3 is 2.68 bits per heavy atom. The molecule has 1 amide bonds. The summed E-state index contributed by atoms with van der Waals surface area (Å²) in [5.41, 5.74) is 3.29. The number of alkyl carbamates (subject to hydrolysis) is 1. The normalized spacial score (nSPS) is 18.2. The fraction of sp³-hybridized carbons (Fsp3) is 0.350. The summed E-state index contributed by atoms with van der Waals surface area (Å²) in [5.74, 6) is 1.56. The number of amides is 1. The summed E-state index contributed by atoms with van der Waals surface area (Å²) in [6, 6.07) is 13.7. The maximum Gasteiger partial charge on any atom is 0.407 e. The lowest BCUT2D eigenvalue weighted by molar-refractivity contribution is 0.134. The van der Waals surface area contributed by atoms with Crippen LogP contribution < -0.4 is 14.8 Å². The number of rotatable bonds is 3. The van der Waals surface area contributed by atoms with Crippen molar-refractivity contribution >= 4 is 6.09 Å². The average molecular weight is 339 g/mol. The number of hydrogen-bond donors (Lipinski definition) is 1. The zero-order valence-corrected chi connectivity index (χ0v) is 14.0. The Balaban J connectivity index is 1.44. The second kappa shape index (κ2) is 7.05. The molecule has 2 aromatic rings. The van der Waals surface area contributed by atoms with Crippen LogP contribution in [0.5, 0.6) is 11.5 Å². The number of aryl methyl sites for hydroxylation is 1. The summed E-state index contributed by atoms with van der Waals surface area (Å²) in [6.07, 6.45) is 2.52. The predicted octanol–water partition coefficient (Wildman–Crippen LogP) is 3.76. The molecule has 0 radical (unpaired) electrons. The van der Waals surface area contributed by atoms with Gasteiger partial charge in [0.15, 0.2) is 11.5 Å². The Kier molecular flexibility index (Phi) is 4.46. The Morgan fingerprint density at radius 1 is 1.12 bits per heavy atom. The molecule has 0 fully saturated rings. The van der Waals surface area contributed by atoms with Gasteiger partial charge in [0.05, 0.1) is 6.04 Å². The first-order valence-corrected chi connectivity index (χ1v) is 8.69. The van der Waals surface area contributed by atoms with Crippen LogP contribution in [0.4, 0.5) is 4.79 Å². The first-order chi connectivity index (χ1) is 12.3. The molecule has 1 atom stereocenters. The van der Waals surface area contributed by atoms with Crippen molar-refractivity contribution in [1.29, 1.82) is 0 Å². The summed E-state index contributed by atoms with van der Waals surface area (Å²) in [6.45, 7) is 1.41. The second-order valence-electron chi connectivity index (χ2n) is 6.35. The molecule has 5 nitrogen and oxygen atoms in total. The maximum absolute atomic E-state index is 12.2. The molecule has 2 aliphatic rings. The van der Waals surface area contributed by atoms with Gasteiger partial charge in [-0.2, -0.15) is 0 Å². The predicted molar refractivity (Wildman–Crippen MR) is 92.9 cm³/mol. The van der Waals surface area contributed by atoms with Gasteiger partial charge in [0.25, 0.3) is 0 Å². The smallest absolute Gasteiger partial charge is 0.407 e. The Morgan fingerprint density at radius 2 is 1.88 bits per heavy atom. The molecule has 1 N–H and O–H groups in total. The Bertz CT molecular complexity index is 760. The summed E-state index contributed by atoms with van der Waals surface area (Å²) in [4.78, 5) is 12.2. The maximum atomic E-state index is 12.2. The summed E-state index contributed by atoms with van der Waals surface area (Å²) < 4.78 is 16.7. The molecule has 2 aromatic carbocycles. The topological polar surface area (TPSA) is 56.8 Å². The van der Waals surface area contributed by atoms with Gasteiger partial charge in [0.1, 0.15) is 19.8 Å². The molecule has 0 saturated heterocycles. The fourth-order valence-corrected chi connectivity index (χ4v) is 3.40. The number of fused-ring (bicyclic) bond motifs is 2. The van der Waals surface area contributed by atoms with E-state index in [2.05, 4.69) is 5.32 Å². The highest BCUT2D eigenvalue weighted by molar-refractivity contribution is 5.68. The minimum atomic E-state index is -0.392. The third-order valence-corrected chi connectivity index (χ3v) is 4.62.